The van der Waals surface area contributed by atoms with Crippen LogP contribution in [0, 0.1) is 6.92 Å². The van der Waals surface area contributed by atoms with Crippen LogP contribution in [0.3, 0.4) is 0 Å². The number of carbonyl (C=O) groups is 1. The molecule has 0 bridgehead atoms. The maximum atomic E-state index is 13.4. The van der Waals surface area contributed by atoms with Crippen molar-refractivity contribution in [3.05, 3.63) is 94.8 Å². The predicted molar refractivity (Wildman–Crippen MR) is 148 cm³/mol. The lowest BCUT2D eigenvalue weighted by Gasteiger charge is -2.35. The van der Waals surface area contributed by atoms with E-state index < -0.39 is 0 Å². The van der Waals surface area contributed by atoms with E-state index in [9.17, 15) is 4.79 Å². The van der Waals surface area contributed by atoms with E-state index >= 15 is 0 Å². The summed E-state index contributed by atoms with van der Waals surface area (Å²) in [5.74, 6) is 0.864. The third kappa shape index (κ3) is 6.25. The quantitative estimate of drug-likeness (QED) is 0.297. The Kier molecular flexibility index (Phi) is 7.87. The van der Waals surface area contributed by atoms with Crippen LogP contribution in [0.2, 0.25) is 5.02 Å². The second-order valence-electron chi connectivity index (χ2n) is 8.60. The summed E-state index contributed by atoms with van der Waals surface area (Å²) in [6.45, 7) is 6.03. The summed E-state index contributed by atoms with van der Waals surface area (Å²) in [5, 5.41) is 4.77. The van der Waals surface area contributed by atoms with E-state index in [1.165, 1.54) is 5.56 Å². The summed E-state index contributed by atoms with van der Waals surface area (Å²) >= 11 is 9.18. The number of nitrogens with one attached hydrogen (secondary N) is 1. The first-order valence-corrected chi connectivity index (χ1v) is 13.7. The lowest BCUT2D eigenvalue weighted by Crippen LogP contribution is -2.48. The minimum absolute atomic E-state index is 0.0999. The zero-order chi connectivity index (χ0) is 24.9. The fourth-order valence-electron chi connectivity index (χ4n) is 4.05. The lowest BCUT2D eigenvalue weighted by molar-refractivity contribution is 0.0627. The van der Waals surface area contributed by atoms with Crippen LogP contribution in [-0.4, -0.2) is 51.9 Å². The van der Waals surface area contributed by atoms with Crippen molar-refractivity contribution in [2.24, 2.45) is 0 Å². The molecule has 36 heavy (non-hydrogen) atoms. The van der Waals surface area contributed by atoms with Crippen LogP contribution < -0.4 is 5.32 Å². The average molecular weight is 536 g/mol. The molecule has 4 aromatic rings. The van der Waals surface area contributed by atoms with Gasteiger partial charge in [0.05, 0.1) is 10.4 Å². The molecule has 1 aliphatic rings. The van der Waals surface area contributed by atoms with Crippen molar-refractivity contribution in [3.8, 4) is 0 Å². The normalized spacial score (nSPS) is 14.1. The van der Waals surface area contributed by atoms with Gasteiger partial charge < -0.3 is 10.2 Å². The van der Waals surface area contributed by atoms with E-state index in [-0.39, 0.29) is 5.91 Å². The molecule has 9 heteroatoms. The number of amides is 1. The Balaban J connectivity index is 1.19. The summed E-state index contributed by atoms with van der Waals surface area (Å²) in [7, 11) is 0. The van der Waals surface area contributed by atoms with E-state index in [1.807, 2.05) is 60.5 Å². The topological polar surface area (TPSA) is 61.4 Å². The maximum absolute atomic E-state index is 13.4. The van der Waals surface area contributed by atoms with Gasteiger partial charge in [-0.3, -0.25) is 9.69 Å². The highest BCUT2D eigenvalue weighted by Gasteiger charge is 2.23. The number of piperazine rings is 1. The van der Waals surface area contributed by atoms with Gasteiger partial charge >= 0.3 is 0 Å². The van der Waals surface area contributed by atoms with E-state index in [0.29, 0.717) is 0 Å². The van der Waals surface area contributed by atoms with Crippen LogP contribution in [-0.2, 0) is 6.54 Å². The summed E-state index contributed by atoms with van der Waals surface area (Å²) in [6.07, 6.45) is 3.60. The summed E-state index contributed by atoms with van der Waals surface area (Å²) in [6, 6.07) is 19.8. The molecule has 1 N–H and O–H groups in total. The molecule has 1 saturated heterocycles. The number of rotatable bonds is 7. The Bertz CT molecular complexity index is 1320. The maximum Gasteiger partial charge on any atom is 0.254 e. The number of pyridine rings is 1. The minimum Gasteiger partial charge on any atom is -0.336 e. The number of hydrogen-bond donors (Lipinski definition) is 1. The van der Waals surface area contributed by atoms with Gasteiger partial charge in [-0.2, -0.15) is 0 Å². The molecule has 2 aromatic heterocycles. The SMILES string of the molecule is Cc1ccc(Sc2cnc(Nc3ccccn3)s2)cc1C(=O)N1CCN(Cc2ccc(Cl)cc2)CC1. The average Bonchev–Trinajstić information content (AvgIpc) is 3.33. The van der Waals surface area contributed by atoms with Gasteiger partial charge in [-0.15, -0.1) is 0 Å². The molecule has 5 rings (SSSR count). The van der Waals surface area contributed by atoms with Crippen LogP contribution in [0.15, 0.2) is 82.2 Å². The molecule has 0 aliphatic carbocycles. The molecule has 2 aromatic carbocycles. The predicted octanol–water partition coefficient (Wildman–Crippen LogP) is 6.35. The Morgan fingerprint density at radius 1 is 1.06 bits per heavy atom. The largest absolute Gasteiger partial charge is 0.336 e. The summed E-state index contributed by atoms with van der Waals surface area (Å²) in [4.78, 5) is 27.5. The Morgan fingerprint density at radius 3 is 2.61 bits per heavy atom. The summed E-state index contributed by atoms with van der Waals surface area (Å²) < 4.78 is 1.05. The van der Waals surface area contributed by atoms with Crippen molar-refractivity contribution in [1.82, 2.24) is 19.8 Å². The molecule has 3 heterocycles. The molecular weight excluding hydrogens is 510 g/mol. The zero-order valence-corrected chi connectivity index (χ0v) is 22.2. The van der Waals surface area contributed by atoms with Crippen LogP contribution in [0.1, 0.15) is 21.5 Å². The molecule has 0 unspecified atom stereocenters. The number of aryl methyl sites for hydroxylation is 1. The third-order valence-corrected chi connectivity index (χ3v) is 8.28. The van der Waals surface area contributed by atoms with E-state index in [4.69, 9.17) is 11.6 Å². The Labute approximate surface area is 224 Å². The van der Waals surface area contributed by atoms with Gasteiger partial charge in [0.1, 0.15) is 5.82 Å². The van der Waals surface area contributed by atoms with Crippen molar-refractivity contribution >= 4 is 51.6 Å². The Hall–Kier alpha value is -2.91. The number of anilines is 2. The standard InChI is InChI=1S/C27H26ClN5OS2/c1-19-5-10-22(35-25-17-30-27(36-25)31-24-4-2-3-11-29-24)16-23(19)26(34)33-14-12-32(13-15-33)18-20-6-8-21(28)9-7-20/h2-11,16-17H,12-15,18H2,1H3,(H,29,30,31). The highest BCUT2D eigenvalue weighted by molar-refractivity contribution is 8.01. The number of aromatic nitrogens is 2. The number of nitrogens with zero attached hydrogens (tertiary/aromatic N) is 4. The number of carbonyl (C=O) groups excluding carboxylic acids is 1. The van der Waals surface area contributed by atoms with Gasteiger partial charge in [-0.05, 0) is 54.4 Å². The van der Waals surface area contributed by atoms with Crippen LogP contribution >= 0.6 is 34.7 Å². The van der Waals surface area contributed by atoms with Crippen LogP contribution in [0.25, 0.3) is 0 Å². The highest BCUT2D eigenvalue weighted by Crippen LogP contribution is 2.35. The number of hydrogen-bond acceptors (Lipinski definition) is 7. The molecule has 0 radical (unpaired) electrons. The zero-order valence-electron chi connectivity index (χ0n) is 19.9. The van der Waals surface area contributed by atoms with Gasteiger partial charge in [0.25, 0.3) is 5.91 Å². The van der Waals surface area contributed by atoms with Gasteiger partial charge in [-0.25, -0.2) is 9.97 Å². The van der Waals surface area contributed by atoms with E-state index in [1.54, 1.807) is 29.3 Å². The molecule has 1 aliphatic heterocycles. The molecular formula is C27H26ClN5OS2. The molecule has 0 saturated carbocycles. The number of benzene rings is 2. The van der Waals surface area contributed by atoms with Crippen LogP contribution in [0.5, 0.6) is 0 Å². The number of thiazole rings is 1. The fraction of sp³-hybridized carbons (Fsp3) is 0.222. The van der Waals surface area contributed by atoms with Crippen molar-refractivity contribution < 1.29 is 4.79 Å². The van der Waals surface area contributed by atoms with Crippen LogP contribution in [0.4, 0.5) is 10.9 Å². The van der Waals surface area contributed by atoms with Gasteiger partial charge in [-0.1, -0.05) is 59.0 Å². The van der Waals surface area contributed by atoms with Crippen molar-refractivity contribution in [2.75, 3.05) is 31.5 Å². The van der Waals surface area contributed by atoms with E-state index in [0.717, 1.165) is 68.9 Å². The number of halogens is 1. The molecule has 0 spiro atoms. The lowest BCUT2D eigenvalue weighted by atomic mass is 10.1. The monoisotopic (exact) mass is 535 g/mol. The second kappa shape index (κ2) is 11.4. The highest BCUT2D eigenvalue weighted by atomic mass is 35.5. The van der Waals surface area contributed by atoms with Crippen molar-refractivity contribution in [3.63, 3.8) is 0 Å². The first-order chi connectivity index (χ1) is 17.5. The molecule has 6 nitrogen and oxygen atoms in total. The smallest absolute Gasteiger partial charge is 0.254 e. The first-order valence-electron chi connectivity index (χ1n) is 11.7. The van der Waals surface area contributed by atoms with Gasteiger partial charge in [0.2, 0.25) is 0 Å². The second-order valence-corrected chi connectivity index (χ2v) is 11.4. The minimum atomic E-state index is 0.0999. The summed E-state index contributed by atoms with van der Waals surface area (Å²) in [5.41, 5.74) is 3.00. The van der Waals surface area contributed by atoms with Crippen molar-refractivity contribution in [1.29, 1.82) is 0 Å². The molecule has 1 amide bonds. The Morgan fingerprint density at radius 2 is 1.86 bits per heavy atom. The van der Waals surface area contributed by atoms with E-state index in [2.05, 4.69) is 38.4 Å². The molecule has 1 fully saturated rings. The van der Waals surface area contributed by atoms with Gasteiger partial charge in [0, 0.05) is 54.4 Å². The first kappa shape index (κ1) is 24.8. The van der Waals surface area contributed by atoms with Gasteiger partial charge in [0.15, 0.2) is 5.13 Å². The molecule has 184 valence electrons. The fourth-order valence-corrected chi connectivity index (χ4v) is 6.07. The molecule has 0 atom stereocenters. The van der Waals surface area contributed by atoms with Crippen molar-refractivity contribution in [2.45, 2.75) is 22.6 Å². The third-order valence-electron chi connectivity index (χ3n) is 6.02.